The van der Waals surface area contributed by atoms with Gasteiger partial charge in [0.15, 0.2) is 0 Å². The van der Waals surface area contributed by atoms with Crippen molar-refractivity contribution in [3.05, 3.63) is 80.4 Å². The minimum atomic E-state index is -0.728. The van der Waals surface area contributed by atoms with E-state index >= 15 is 0 Å². The predicted molar refractivity (Wildman–Crippen MR) is 138 cm³/mol. The number of rotatable bonds is 13. The maximum atomic E-state index is 12.1. The Hall–Kier alpha value is -4.39. The van der Waals surface area contributed by atoms with Gasteiger partial charge in [0.2, 0.25) is 5.00 Å². The van der Waals surface area contributed by atoms with Crippen molar-refractivity contribution < 1.29 is 24.1 Å². The summed E-state index contributed by atoms with van der Waals surface area (Å²) in [4.78, 5) is 34.8. The van der Waals surface area contributed by atoms with Crippen LogP contribution in [-0.2, 0) is 9.53 Å². The summed E-state index contributed by atoms with van der Waals surface area (Å²) in [5, 5.41) is 29.5. The van der Waals surface area contributed by atoms with Crippen LogP contribution in [0.15, 0.2) is 64.8 Å². The summed E-state index contributed by atoms with van der Waals surface area (Å²) in [5.74, 6) is 0.382. The molecule has 0 saturated carbocycles. The van der Waals surface area contributed by atoms with Gasteiger partial charge in [0.25, 0.3) is 0 Å². The van der Waals surface area contributed by atoms with Gasteiger partial charge in [0, 0.05) is 18.8 Å². The summed E-state index contributed by atoms with van der Waals surface area (Å²) in [7, 11) is 0. The van der Waals surface area contributed by atoms with Crippen molar-refractivity contribution in [3.8, 4) is 5.75 Å². The number of azo groups is 1. The number of para-hydroxylation sites is 1. The zero-order chi connectivity index (χ0) is 26.8. The van der Waals surface area contributed by atoms with Crippen molar-refractivity contribution in [3.63, 3.8) is 0 Å². The summed E-state index contributed by atoms with van der Waals surface area (Å²) >= 11 is 0.587. The largest absolute Gasteiger partial charge is 0.490 e. The Bertz CT molecular complexity index is 1280. The highest BCUT2D eigenvalue weighted by atomic mass is 32.1. The Labute approximate surface area is 216 Å². The van der Waals surface area contributed by atoms with Crippen molar-refractivity contribution in [2.45, 2.75) is 20.3 Å². The Morgan fingerprint density at radius 1 is 1.03 bits per heavy atom. The molecular weight excluding hydrogens is 502 g/mol. The molecule has 0 aliphatic carbocycles. The lowest BCUT2D eigenvalue weighted by molar-refractivity contribution is -0.389. The normalized spacial score (nSPS) is 10.9. The van der Waals surface area contributed by atoms with Crippen LogP contribution in [-0.4, -0.2) is 42.1 Å². The SMILES string of the molecule is CCN(CCC(=O)OCCOc1ccccc1)c1ccc(N=Nc2sc([N+](=O)[O-])cc2[N+](=O)[O-])c(C)c1. The highest BCUT2D eigenvalue weighted by molar-refractivity contribution is 7.19. The first-order valence-electron chi connectivity index (χ1n) is 11.3. The molecule has 0 radical (unpaired) electrons. The number of hydrogen-bond acceptors (Lipinski definition) is 11. The fourth-order valence-electron chi connectivity index (χ4n) is 3.30. The topological polar surface area (TPSA) is 150 Å². The number of nitro groups is 2. The van der Waals surface area contributed by atoms with E-state index in [-0.39, 0.29) is 35.6 Å². The molecule has 0 amide bonds. The molecular formula is C24H25N5O7S. The third-order valence-corrected chi connectivity index (χ3v) is 6.14. The minimum Gasteiger partial charge on any atom is -0.490 e. The quantitative estimate of drug-likeness (QED) is 0.0847. The number of ether oxygens (including phenoxy) is 2. The second kappa shape index (κ2) is 13.1. The molecule has 0 aliphatic rings. The summed E-state index contributed by atoms with van der Waals surface area (Å²) in [6.45, 7) is 5.29. The molecule has 3 aromatic rings. The van der Waals surface area contributed by atoms with Gasteiger partial charge in [0.05, 0.1) is 22.0 Å². The Morgan fingerprint density at radius 3 is 2.43 bits per heavy atom. The van der Waals surface area contributed by atoms with Crippen LogP contribution in [0, 0.1) is 27.2 Å². The molecule has 0 spiro atoms. The van der Waals surface area contributed by atoms with Gasteiger partial charge in [0.1, 0.15) is 25.0 Å². The fourth-order valence-corrected chi connectivity index (χ4v) is 4.06. The van der Waals surface area contributed by atoms with Gasteiger partial charge in [-0.3, -0.25) is 25.0 Å². The number of benzene rings is 2. The lowest BCUT2D eigenvalue weighted by atomic mass is 10.1. The third kappa shape index (κ3) is 7.80. The first-order valence-corrected chi connectivity index (χ1v) is 12.1. The molecule has 1 aromatic heterocycles. The van der Waals surface area contributed by atoms with Crippen molar-refractivity contribution in [2.24, 2.45) is 10.2 Å². The van der Waals surface area contributed by atoms with E-state index in [1.165, 1.54) is 0 Å². The molecule has 2 aromatic carbocycles. The number of aryl methyl sites for hydroxylation is 1. The molecule has 37 heavy (non-hydrogen) atoms. The molecule has 12 nitrogen and oxygen atoms in total. The smallest absolute Gasteiger partial charge is 0.333 e. The molecule has 0 aliphatic heterocycles. The van der Waals surface area contributed by atoms with E-state index in [0.29, 0.717) is 35.9 Å². The molecule has 0 saturated heterocycles. The minimum absolute atomic E-state index is 0.150. The number of hydrogen-bond donors (Lipinski definition) is 0. The second-order valence-corrected chi connectivity index (χ2v) is 8.68. The predicted octanol–water partition coefficient (Wildman–Crippen LogP) is 6.13. The Kier molecular flexibility index (Phi) is 9.61. The van der Waals surface area contributed by atoms with Gasteiger partial charge in [-0.1, -0.05) is 18.2 Å². The van der Waals surface area contributed by atoms with E-state index in [1.807, 2.05) is 48.2 Å². The number of esters is 1. The highest BCUT2D eigenvalue weighted by Gasteiger charge is 2.25. The summed E-state index contributed by atoms with van der Waals surface area (Å²) in [6.07, 6.45) is 0.195. The van der Waals surface area contributed by atoms with Crippen LogP contribution in [0.1, 0.15) is 18.9 Å². The van der Waals surface area contributed by atoms with Crippen LogP contribution in [0.3, 0.4) is 0 Å². The third-order valence-electron chi connectivity index (χ3n) is 5.18. The molecule has 13 heteroatoms. The van der Waals surface area contributed by atoms with E-state index in [1.54, 1.807) is 19.1 Å². The fraction of sp³-hybridized carbons (Fsp3) is 0.292. The molecule has 0 unspecified atom stereocenters. The van der Waals surface area contributed by atoms with E-state index in [2.05, 4.69) is 10.2 Å². The highest BCUT2D eigenvalue weighted by Crippen LogP contribution is 2.42. The van der Waals surface area contributed by atoms with Crippen LogP contribution in [0.25, 0.3) is 0 Å². The first kappa shape index (κ1) is 27.2. The average Bonchev–Trinajstić information content (AvgIpc) is 3.32. The number of thiophene rings is 1. The molecule has 0 atom stereocenters. The lowest BCUT2D eigenvalue weighted by Gasteiger charge is -2.23. The van der Waals surface area contributed by atoms with Gasteiger partial charge in [-0.2, -0.15) is 0 Å². The van der Waals surface area contributed by atoms with Crippen LogP contribution < -0.4 is 9.64 Å². The maximum absolute atomic E-state index is 12.1. The lowest BCUT2D eigenvalue weighted by Crippen LogP contribution is -2.26. The Morgan fingerprint density at radius 2 is 1.78 bits per heavy atom. The second-order valence-electron chi connectivity index (χ2n) is 7.67. The van der Waals surface area contributed by atoms with Gasteiger partial charge in [-0.15, -0.1) is 10.2 Å². The monoisotopic (exact) mass is 527 g/mol. The molecule has 0 bridgehead atoms. The summed E-state index contributed by atoms with van der Waals surface area (Å²) in [5.41, 5.74) is 1.60. The Balaban J connectivity index is 1.56. The maximum Gasteiger partial charge on any atom is 0.333 e. The number of carbonyl (C=O) groups excluding carboxylic acids is 1. The average molecular weight is 528 g/mol. The van der Waals surface area contributed by atoms with Crippen LogP contribution >= 0.6 is 11.3 Å². The molecule has 3 rings (SSSR count). The van der Waals surface area contributed by atoms with E-state index < -0.39 is 15.5 Å². The van der Waals surface area contributed by atoms with Crippen molar-refractivity contribution in [1.82, 2.24) is 0 Å². The zero-order valence-electron chi connectivity index (χ0n) is 20.2. The van der Waals surface area contributed by atoms with E-state index in [9.17, 15) is 25.0 Å². The van der Waals surface area contributed by atoms with E-state index in [0.717, 1.165) is 17.3 Å². The molecule has 0 N–H and O–H groups in total. The van der Waals surface area contributed by atoms with Gasteiger partial charge in [-0.25, -0.2) is 0 Å². The van der Waals surface area contributed by atoms with Gasteiger partial charge in [-0.05, 0) is 61.1 Å². The van der Waals surface area contributed by atoms with E-state index in [4.69, 9.17) is 9.47 Å². The number of carbonyl (C=O) groups is 1. The van der Waals surface area contributed by atoms with Crippen LogP contribution in [0.5, 0.6) is 5.75 Å². The summed E-state index contributed by atoms with van der Waals surface area (Å²) in [6, 6.07) is 15.5. The standard InChI is InChI=1S/C24H25N5O7S/c1-3-27(12-11-23(30)36-14-13-35-19-7-5-4-6-8-19)18-9-10-20(17(2)15-18)25-26-24-21(28(31)32)16-22(37-24)29(33)34/h4-10,15-16H,3,11-14H2,1-2H3. The van der Waals surface area contributed by atoms with Crippen molar-refractivity contribution in [2.75, 3.05) is 31.2 Å². The van der Waals surface area contributed by atoms with Crippen molar-refractivity contribution in [1.29, 1.82) is 0 Å². The molecule has 0 fully saturated rings. The van der Waals surface area contributed by atoms with Crippen molar-refractivity contribution >= 4 is 44.4 Å². The number of anilines is 1. The summed E-state index contributed by atoms with van der Waals surface area (Å²) < 4.78 is 10.8. The first-order chi connectivity index (χ1) is 17.8. The zero-order valence-corrected chi connectivity index (χ0v) is 21.1. The number of nitrogens with zero attached hydrogens (tertiary/aromatic N) is 5. The van der Waals surface area contributed by atoms with Gasteiger partial charge < -0.3 is 14.4 Å². The molecule has 194 valence electrons. The van der Waals surface area contributed by atoms with Gasteiger partial charge >= 0.3 is 16.7 Å². The molecule has 1 heterocycles. The van der Waals surface area contributed by atoms with Crippen LogP contribution in [0.2, 0.25) is 0 Å². The van der Waals surface area contributed by atoms with Crippen LogP contribution in [0.4, 0.5) is 27.1 Å².